The van der Waals surface area contributed by atoms with E-state index in [1.165, 1.54) is 10.5 Å². The van der Waals surface area contributed by atoms with Gasteiger partial charge in [-0.05, 0) is 90.0 Å². The Morgan fingerprint density at radius 2 is 1.54 bits per heavy atom. The van der Waals surface area contributed by atoms with Crippen LogP contribution in [0, 0.1) is 17.4 Å². The van der Waals surface area contributed by atoms with Crippen LogP contribution in [0.2, 0.25) is 0 Å². The highest BCUT2D eigenvalue weighted by Gasteiger charge is 2.35. The Kier molecular flexibility index (Phi) is 8.18. The van der Waals surface area contributed by atoms with Gasteiger partial charge in [0.2, 0.25) is 0 Å². The number of ether oxygens (including phenoxy) is 2. The molecule has 0 aromatic heterocycles. The summed E-state index contributed by atoms with van der Waals surface area (Å²) >= 11 is 3.17. The van der Waals surface area contributed by atoms with Crippen LogP contribution in [0.25, 0.3) is 6.08 Å². The van der Waals surface area contributed by atoms with Crippen molar-refractivity contribution in [2.24, 2.45) is 0 Å². The predicted octanol–water partition coefficient (Wildman–Crippen LogP) is 7.12. The highest BCUT2D eigenvalue weighted by molar-refractivity contribution is 14.1. The van der Waals surface area contributed by atoms with Crippen LogP contribution in [0.1, 0.15) is 34.7 Å². The molecule has 0 spiro atoms. The lowest BCUT2D eigenvalue weighted by molar-refractivity contribution is -0.123. The minimum atomic E-state index is -0.284. The van der Waals surface area contributed by atoms with Crippen LogP contribution in [0.4, 0.5) is 4.79 Å². The molecule has 0 atom stereocenters. The van der Waals surface area contributed by atoms with E-state index in [-0.39, 0.29) is 17.7 Å². The molecule has 0 aliphatic carbocycles. The van der Waals surface area contributed by atoms with Crippen LogP contribution in [0.3, 0.4) is 0 Å². The normalized spacial score (nSPS) is 14.6. The fourth-order valence-corrected chi connectivity index (χ4v) is 5.20. The predicted molar refractivity (Wildman–Crippen MR) is 149 cm³/mol. The third kappa shape index (κ3) is 6.27. The van der Waals surface area contributed by atoms with Gasteiger partial charge in [0.25, 0.3) is 11.1 Å². The van der Waals surface area contributed by atoms with E-state index in [2.05, 4.69) is 41.6 Å². The highest BCUT2D eigenvalue weighted by Crippen LogP contribution is 2.38. The number of halogens is 1. The summed E-state index contributed by atoms with van der Waals surface area (Å²) in [5.41, 5.74) is 5.10. The molecule has 0 saturated carbocycles. The Morgan fingerprint density at radius 3 is 2.17 bits per heavy atom. The number of imide groups is 1. The van der Waals surface area contributed by atoms with Crippen LogP contribution in [-0.2, 0) is 17.9 Å². The minimum Gasteiger partial charge on any atom is -0.490 e. The largest absolute Gasteiger partial charge is 0.490 e. The number of carbonyl (C=O) groups is 2. The molecular formula is C28H26INO4S. The number of thioether (sulfide) groups is 1. The van der Waals surface area contributed by atoms with Crippen LogP contribution < -0.4 is 9.47 Å². The average molecular weight is 599 g/mol. The Morgan fingerprint density at radius 1 is 0.914 bits per heavy atom. The number of hydrogen-bond donors (Lipinski definition) is 0. The number of carbonyl (C=O) groups excluding carboxylic acids is 2. The van der Waals surface area contributed by atoms with Crippen molar-refractivity contribution >= 4 is 51.6 Å². The van der Waals surface area contributed by atoms with E-state index in [0.717, 1.165) is 37.6 Å². The van der Waals surface area contributed by atoms with Crippen molar-refractivity contribution in [3.63, 3.8) is 0 Å². The number of rotatable bonds is 8. The Balaban J connectivity index is 1.54. The number of amides is 2. The van der Waals surface area contributed by atoms with Crippen LogP contribution in [0.15, 0.2) is 65.6 Å². The second-order valence-electron chi connectivity index (χ2n) is 8.29. The standard InChI is InChI=1S/C28H26INO4S/c1-4-33-24-14-22(13-23(29)26(24)34-17-21-11-7-19(3)8-12-21)15-25-27(31)30(28(32)35-25)16-20-9-5-18(2)6-10-20/h5-15H,4,16-17H2,1-3H3/b25-15-. The number of hydrogen-bond acceptors (Lipinski definition) is 5. The van der Waals surface area contributed by atoms with Crippen LogP contribution >= 0.6 is 34.4 Å². The fourth-order valence-electron chi connectivity index (χ4n) is 3.58. The number of nitrogens with zero attached hydrogens (tertiary/aromatic N) is 1. The zero-order chi connectivity index (χ0) is 24.9. The highest BCUT2D eigenvalue weighted by atomic mass is 127. The molecule has 1 fully saturated rings. The Bertz CT molecular complexity index is 1270. The summed E-state index contributed by atoms with van der Waals surface area (Å²) in [6.07, 6.45) is 1.74. The molecule has 0 radical (unpaired) electrons. The van der Waals surface area contributed by atoms with Gasteiger partial charge in [-0.1, -0.05) is 59.7 Å². The van der Waals surface area contributed by atoms with Crippen molar-refractivity contribution in [1.29, 1.82) is 0 Å². The van der Waals surface area contributed by atoms with E-state index in [0.29, 0.717) is 29.6 Å². The zero-order valence-electron chi connectivity index (χ0n) is 19.8. The van der Waals surface area contributed by atoms with E-state index >= 15 is 0 Å². The first-order valence-corrected chi connectivity index (χ1v) is 13.2. The fraction of sp³-hybridized carbons (Fsp3) is 0.214. The maximum absolute atomic E-state index is 13.0. The molecule has 1 heterocycles. The smallest absolute Gasteiger partial charge is 0.293 e. The summed E-state index contributed by atoms with van der Waals surface area (Å²) < 4.78 is 12.8. The van der Waals surface area contributed by atoms with Crippen molar-refractivity contribution in [2.45, 2.75) is 33.9 Å². The zero-order valence-corrected chi connectivity index (χ0v) is 22.8. The molecule has 0 bridgehead atoms. The first kappa shape index (κ1) is 25.3. The molecule has 0 unspecified atom stereocenters. The second-order valence-corrected chi connectivity index (χ2v) is 10.4. The Labute approximate surface area is 223 Å². The summed E-state index contributed by atoms with van der Waals surface area (Å²) in [6.45, 7) is 7.14. The van der Waals surface area contributed by atoms with Crippen LogP contribution in [-0.4, -0.2) is 22.7 Å². The first-order chi connectivity index (χ1) is 16.8. The van der Waals surface area contributed by atoms with Gasteiger partial charge in [0.1, 0.15) is 6.61 Å². The molecule has 1 aliphatic rings. The van der Waals surface area contributed by atoms with E-state index < -0.39 is 0 Å². The second kappa shape index (κ2) is 11.3. The number of aryl methyl sites for hydroxylation is 2. The van der Waals surface area contributed by atoms with Crippen LogP contribution in [0.5, 0.6) is 11.5 Å². The van der Waals surface area contributed by atoms with Gasteiger partial charge >= 0.3 is 0 Å². The van der Waals surface area contributed by atoms with Gasteiger partial charge in [-0.3, -0.25) is 14.5 Å². The van der Waals surface area contributed by atoms with E-state index in [9.17, 15) is 9.59 Å². The molecule has 5 nitrogen and oxygen atoms in total. The summed E-state index contributed by atoms with van der Waals surface area (Å²) in [7, 11) is 0. The van der Waals surface area contributed by atoms with Gasteiger partial charge in [0.05, 0.1) is 21.6 Å². The maximum Gasteiger partial charge on any atom is 0.293 e. The summed E-state index contributed by atoms with van der Waals surface area (Å²) in [5, 5.41) is -0.264. The van der Waals surface area contributed by atoms with Gasteiger partial charge in [0, 0.05) is 0 Å². The lowest BCUT2D eigenvalue weighted by Gasteiger charge is -2.15. The van der Waals surface area contributed by atoms with Crippen molar-refractivity contribution in [3.05, 3.63) is 97.0 Å². The quantitative estimate of drug-likeness (QED) is 0.204. The first-order valence-electron chi connectivity index (χ1n) is 11.3. The van der Waals surface area contributed by atoms with Crippen molar-refractivity contribution in [2.75, 3.05) is 6.61 Å². The Hall–Kier alpha value is -2.78. The minimum absolute atomic E-state index is 0.260. The molecule has 2 amide bonds. The topological polar surface area (TPSA) is 55.8 Å². The third-order valence-corrected chi connectivity index (χ3v) is 7.18. The number of benzene rings is 3. The monoisotopic (exact) mass is 599 g/mol. The summed E-state index contributed by atoms with van der Waals surface area (Å²) in [5.74, 6) is 0.988. The van der Waals surface area contributed by atoms with Gasteiger partial charge in [-0.2, -0.15) is 0 Å². The third-order valence-electron chi connectivity index (χ3n) is 5.47. The van der Waals surface area contributed by atoms with E-state index in [4.69, 9.17) is 9.47 Å². The average Bonchev–Trinajstić information content (AvgIpc) is 3.08. The van der Waals surface area contributed by atoms with E-state index in [1.807, 2.05) is 62.4 Å². The SMILES string of the molecule is CCOc1cc(/C=C2\SC(=O)N(Cc3ccc(C)cc3)C2=O)cc(I)c1OCc1ccc(C)cc1. The van der Waals surface area contributed by atoms with Crippen molar-refractivity contribution in [1.82, 2.24) is 4.90 Å². The summed E-state index contributed by atoms with van der Waals surface area (Å²) in [4.78, 5) is 27.2. The maximum atomic E-state index is 13.0. The van der Waals surface area contributed by atoms with Gasteiger partial charge < -0.3 is 9.47 Å². The molecule has 7 heteroatoms. The molecule has 0 N–H and O–H groups in total. The van der Waals surface area contributed by atoms with Gasteiger partial charge in [-0.25, -0.2) is 0 Å². The lowest BCUT2D eigenvalue weighted by atomic mass is 10.1. The molecule has 180 valence electrons. The van der Waals surface area contributed by atoms with Crippen molar-refractivity contribution in [3.8, 4) is 11.5 Å². The van der Waals surface area contributed by atoms with Crippen molar-refractivity contribution < 1.29 is 19.1 Å². The lowest BCUT2D eigenvalue weighted by Crippen LogP contribution is -2.27. The molecule has 1 aliphatic heterocycles. The molecule has 3 aromatic carbocycles. The molecule has 4 rings (SSSR count). The van der Waals surface area contributed by atoms with Gasteiger partial charge in [-0.15, -0.1) is 0 Å². The summed E-state index contributed by atoms with van der Waals surface area (Å²) in [6, 6.07) is 19.8. The van der Waals surface area contributed by atoms with E-state index in [1.54, 1.807) is 6.08 Å². The van der Waals surface area contributed by atoms with Gasteiger partial charge in [0.15, 0.2) is 11.5 Å². The molecule has 3 aromatic rings. The molecular weight excluding hydrogens is 573 g/mol. The molecule has 35 heavy (non-hydrogen) atoms. The molecule has 1 saturated heterocycles.